The number of hydrogen-bond acceptors (Lipinski definition) is 3. The molecule has 0 amide bonds. The average Bonchev–Trinajstić information content (AvgIpc) is 2.43. The quantitative estimate of drug-likeness (QED) is 0.781. The van der Waals surface area contributed by atoms with Crippen LogP contribution in [0.4, 0.5) is 0 Å². The van der Waals surface area contributed by atoms with E-state index in [-0.39, 0.29) is 11.9 Å². The van der Waals surface area contributed by atoms with Gasteiger partial charge < -0.3 is 4.74 Å². The summed E-state index contributed by atoms with van der Waals surface area (Å²) in [6, 6.07) is 8.15. The highest BCUT2D eigenvalue weighted by Crippen LogP contribution is 2.29. The van der Waals surface area contributed by atoms with E-state index < -0.39 is 5.41 Å². The van der Waals surface area contributed by atoms with Crippen LogP contribution in [0.1, 0.15) is 50.4 Å². The van der Waals surface area contributed by atoms with Gasteiger partial charge in [-0.3, -0.25) is 9.78 Å². The molecule has 1 atom stereocenters. The molecule has 0 radical (unpaired) electrons. The summed E-state index contributed by atoms with van der Waals surface area (Å²) in [4.78, 5) is 16.6. The number of aromatic nitrogens is 1. The molecule has 22 heavy (non-hydrogen) atoms. The second-order valence-electron chi connectivity index (χ2n) is 7.00. The van der Waals surface area contributed by atoms with Crippen molar-refractivity contribution in [2.75, 3.05) is 6.61 Å². The Labute approximate surface area is 132 Å². The lowest BCUT2D eigenvalue weighted by Gasteiger charge is -2.21. The van der Waals surface area contributed by atoms with Crippen LogP contribution in [0.25, 0.3) is 10.9 Å². The predicted octanol–water partition coefficient (Wildman–Crippen LogP) is 4.54. The van der Waals surface area contributed by atoms with Gasteiger partial charge >= 0.3 is 5.97 Å². The molecule has 2 aromatic rings. The van der Waals surface area contributed by atoms with Crippen LogP contribution >= 0.6 is 0 Å². The minimum atomic E-state index is -0.467. The van der Waals surface area contributed by atoms with E-state index in [2.05, 4.69) is 19.9 Å². The van der Waals surface area contributed by atoms with Gasteiger partial charge in [0, 0.05) is 17.0 Å². The number of carbonyl (C=O) groups is 1. The Balaban J connectivity index is 2.28. The fourth-order valence-electron chi connectivity index (χ4n) is 2.77. The van der Waals surface area contributed by atoms with Gasteiger partial charge in [-0.05, 0) is 51.8 Å². The van der Waals surface area contributed by atoms with Gasteiger partial charge in [0.2, 0.25) is 0 Å². The number of fused-ring (bicyclic) bond motifs is 1. The SMILES string of the molecule is Cc1nc2ccccc2c(C)c1[C@H](C)COC(=O)C(C)(C)C. The zero-order valence-electron chi connectivity index (χ0n) is 14.4. The summed E-state index contributed by atoms with van der Waals surface area (Å²) >= 11 is 0. The Bertz CT molecular complexity index is 698. The lowest BCUT2D eigenvalue weighted by atomic mass is 9.92. The Morgan fingerprint density at radius 1 is 1.23 bits per heavy atom. The van der Waals surface area contributed by atoms with Crippen LogP contribution in [0, 0.1) is 19.3 Å². The van der Waals surface area contributed by atoms with Gasteiger partial charge in [-0.15, -0.1) is 0 Å². The number of hydrogen-bond donors (Lipinski definition) is 0. The molecule has 0 unspecified atom stereocenters. The topological polar surface area (TPSA) is 39.2 Å². The van der Waals surface area contributed by atoms with Crippen LogP contribution in [0.2, 0.25) is 0 Å². The highest BCUT2D eigenvalue weighted by molar-refractivity contribution is 5.83. The number of nitrogens with zero attached hydrogens (tertiary/aromatic N) is 1. The van der Waals surface area contributed by atoms with Crippen LogP contribution in [-0.2, 0) is 9.53 Å². The summed E-state index contributed by atoms with van der Waals surface area (Å²) in [5.74, 6) is -0.0354. The van der Waals surface area contributed by atoms with Gasteiger partial charge in [-0.25, -0.2) is 0 Å². The van der Waals surface area contributed by atoms with Crippen molar-refractivity contribution in [2.24, 2.45) is 5.41 Å². The zero-order chi connectivity index (χ0) is 16.5. The number of pyridine rings is 1. The molecule has 0 aliphatic heterocycles. The van der Waals surface area contributed by atoms with Crippen LogP contribution in [0.15, 0.2) is 24.3 Å². The minimum absolute atomic E-state index is 0.128. The first-order chi connectivity index (χ1) is 10.2. The highest BCUT2D eigenvalue weighted by atomic mass is 16.5. The van der Waals surface area contributed by atoms with Gasteiger partial charge in [-0.1, -0.05) is 25.1 Å². The van der Waals surface area contributed by atoms with Gasteiger partial charge in [0.25, 0.3) is 0 Å². The van der Waals surface area contributed by atoms with Crippen molar-refractivity contribution in [2.45, 2.75) is 47.5 Å². The largest absolute Gasteiger partial charge is 0.465 e. The number of benzene rings is 1. The van der Waals surface area contributed by atoms with Gasteiger partial charge in [0.1, 0.15) is 0 Å². The maximum absolute atomic E-state index is 11.9. The molecule has 0 fully saturated rings. The molecule has 2 rings (SSSR count). The summed E-state index contributed by atoms with van der Waals surface area (Å²) < 4.78 is 5.48. The Kier molecular flexibility index (Phi) is 4.55. The van der Waals surface area contributed by atoms with Crippen molar-refractivity contribution in [3.63, 3.8) is 0 Å². The van der Waals surface area contributed by atoms with Crippen molar-refractivity contribution in [1.82, 2.24) is 4.98 Å². The lowest BCUT2D eigenvalue weighted by molar-refractivity contribution is -0.153. The Morgan fingerprint density at radius 2 is 1.86 bits per heavy atom. The third kappa shape index (κ3) is 3.29. The van der Waals surface area contributed by atoms with Crippen molar-refractivity contribution in [1.29, 1.82) is 0 Å². The third-order valence-electron chi connectivity index (χ3n) is 3.96. The van der Waals surface area contributed by atoms with E-state index in [1.165, 1.54) is 11.1 Å². The second kappa shape index (κ2) is 6.07. The fourth-order valence-corrected chi connectivity index (χ4v) is 2.77. The average molecular weight is 299 g/mol. The summed E-state index contributed by atoms with van der Waals surface area (Å²) in [7, 11) is 0. The number of esters is 1. The van der Waals surface area contributed by atoms with E-state index in [1.54, 1.807) is 0 Å². The molecule has 0 aliphatic carbocycles. The zero-order valence-corrected chi connectivity index (χ0v) is 14.4. The summed E-state index contributed by atoms with van der Waals surface area (Å²) in [5, 5.41) is 1.16. The molecular weight excluding hydrogens is 274 g/mol. The van der Waals surface area contributed by atoms with Crippen LogP contribution in [0.5, 0.6) is 0 Å². The van der Waals surface area contributed by atoms with Gasteiger partial charge in [0.05, 0.1) is 17.5 Å². The smallest absolute Gasteiger partial charge is 0.311 e. The number of para-hydroxylation sites is 1. The first-order valence-electron chi connectivity index (χ1n) is 7.75. The number of carbonyl (C=O) groups excluding carboxylic acids is 1. The van der Waals surface area contributed by atoms with E-state index in [4.69, 9.17) is 9.72 Å². The summed E-state index contributed by atoms with van der Waals surface area (Å²) in [5.41, 5.74) is 3.96. The molecule has 0 saturated heterocycles. The molecule has 3 nitrogen and oxygen atoms in total. The molecular formula is C19H25NO2. The maximum Gasteiger partial charge on any atom is 0.311 e. The van der Waals surface area contributed by atoms with E-state index in [0.29, 0.717) is 6.61 Å². The molecule has 118 valence electrons. The normalized spacial score (nSPS) is 13.2. The van der Waals surface area contributed by atoms with E-state index in [1.807, 2.05) is 45.9 Å². The van der Waals surface area contributed by atoms with E-state index in [0.717, 1.165) is 16.6 Å². The molecule has 0 saturated carbocycles. The highest BCUT2D eigenvalue weighted by Gasteiger charge is 2.24. The Hall–Kier alpha value is -1.90. The third-order valence-corrected chi connectivity index (χ3v) is 3.96. The van der Waals surface area contributed by atoms with Gasteiger partial charge in [0.15, 0.2) is 0 Å². The van der Waals surface area contributed by atoms with E-state index >= 15 is 0 Å². The molecule has 3 heteroatoms. The van der Waals surface area contributed by atoms with Crippen molar-refractivity contribution >= 4 is 16.9 Å². The van der Waals surface area contributed by atoms with Crippen molar-refractivity contribution in [3.05, 3.63) is 41.1 Å². The molecule has 0 N–H and O–H groups in total. The minimum Gasteiger partial charge on any atom is -0.465 e. The van der Waals surface area contributed by atoms with Crippen LogP contribution < -0.4 is 0 Å². The molecule has 1 aromatic heterocycles. The molecule has 0 bridgehead atoms. The maximum atomic E-state index is 11.9. The number of aryl methyl sites for hydroxylation is 2. The van der Waals surface area contributed by atoms with Crippen LogP contribution in [0.3, 0.4) is 0 Å². The van der Waals surface area contributed by atoms with E-state index in [9.17, 15) is 4.79 Å². The monoisotopic (exact) mass is 299 g/mol. The number of ether oxygens (including phenoxy) is 1. The molecule has 0 spiro atoms. The molecule has 1 heterocycles. The molecule has 1 aromatic carbocycles. The molecule has 0 aliphatic rings. The Morgan fingerprint density at radius 3 is 2.50 bits per heavy atom. The predicted molar refractivity (Wildman–Crippen MR) is 90.0 cm³/mol. The number of rotatable bonds is 3. The van der Waals surface area contributed by atoms with Crippen molar-refractivity contribution in [3.8, 4) is 0 Å². The summed E-state index contributed by atoms with van der Waals surface area (Å²) in [6.45, 7) is 12.2. The first-order valence-corrected chi connectivity index (χ1v) is 7.75. The van der Waals surface area contributed by atoms with Crippen molar-refractivity contribution < 1.29 is 9.53 Å². The second-order valence-corrected chi connectivity index (χ2v) is 7.00. The lowest BCUT2D eigenvalue weighted by Crippen LogP contribution is -2.25. The summed E-state index contributed by atoms with van der Waals surface area (Å²) in [6.07, 6.45) is 0. The van der Waals surface area contributed by atoms with Gasteiger partial charge in [-0.2, -0.15) is 0 Å². The van der Waals surface area contributed by atoms with Crippen LogP contribution in [-0.4, -0.2) is 17.6 Å². The fraction of sp³-hybridized carbons (Fsp3) is 0.474. The standard InChI is InChI=1S/C19H25NO2/c1-12(11-22-18(21)19(4,5)6)17-13(2)15-9-7-8-10-16(15)20-14(17)3/h7-10,12H,11H2,1-6H3/t12-/m1/s1. The first kappa shape index (κ1) is 16.5.